The van der Waals surface area contributed by atoms with Crippen LogP contribution in [0.5, 0.6) is 0 Å². The second-order valence-electron chi connectivity index (χ2n) is 24.5. The molecule has 2 aromatic heterocycles. The van der Waals surface area contributed by atoms with Crippen molar-refractivity contribution in [3.8, 4) is 27.9 Å². The number of para-hydroxylation sites is 1. The van der Waals surface area contributed by atoms with Crippen molar-refractivity contribution < 1.29 is 4.42 Å². The first-order chi connectivity index (χ1) is 31.2. The summed E-state index contributed by atoms with van der Waals surface area (Å²) in [5.74, 6) is 0. The van der Waals surface area contributed by atoms with Crippen molar-refractivity contribution in [2.75, 3.05) is 4.81 Å². The summed E-state index contributed by atoms with van der Waals surface area (Å²) < 4.78 is 9.55. The van der Waals surface area contributed by atoms with E-state index in [0.717, 1.165) is 17.6 Å². The Labute approximate surface area is 390 Å². The lowest BCUT2D eigenvalue weighted by molar-refractivity contribution is 0.332. The van der Waals surface area contributed by atoms with Crippen molar-refractivity contribution in [3.05, 3.63) is 148 Å². The Morgan fingerprint density at radius 2 is 1.24 bits per heavy atom. The van der Waals surface area contributed by atoms with Crippen LogP contribution in [0.25, 0.3) is 71.7 Å². The van der Waals surface area contributed by atoms with E-state index in [0.29, 0.717) is 0 Å². The van der Waals surface area contributed by atoms with Gasteiger partial charge in [-0.05, 0) is 157 Å². The molecule has 66 heavy (non-hydrogen) atoms. The Morgan fingerprint density at radius 1 is 0.561 bits per heavy atom. The first-order valence-electron chi connectivity index (χ1n) is 24.5. The molecule has 0 radical (unpaired) electrons. The van der Waals surface area contributed by atoms with Gasteiger partial charge in [-0.2, -0.15) is 0 Å². The fraction of sp³-hybridized carbons (Fsp3) is 0.323. The second-order valence-corrected chi connectivity index (χ2v) is 24.5. The minimum Gasteiger partial charge on any atom is -0.456 e. The average Bonchev–Trinajstić information content (AvgIpc) is 3.89. The summed E-state index contributed by atoms with van der Waals surface area (Å²) in [5.41, 5.74) is 26.1. The summed E-state index contributed by atoms with van der Waals surface area (Å²) in [6.07, 6.45) is 2.35. The number of benzene rings is 7. The number of furan rings is 1. The van der Waals surface area contributed by atoms with E-state index in [4.69, 9.17) is 4.42 Å². The number of hydrogen-bond donors (Lipinski definition) is 0. The molecule has 13 rings (SSSR count). The van der Waals surface area contributed by atoms with Gasteiger partial charge in [0.15, 0.2) is 0 Å². The average molecular weight is 861 g/mol. The van der Waals surface area contributed by atoms with E-state index in [1.165, 1.54) is 128 Å². The van der Waals surface area contributed by atoms with Gasteiger partial charge in [-0.25, -0.2) is 0 Å². The number of anilines is 2. The zero-order chi connectivity index (χ0) is 45.9. The number of aromatic nitrogens is 1. The SMILES string of the molecule is Cc1cc2c(cc1N1B3c4c(cc5c(c4-c4c1ccc1oc6ccccc6c41)C(C)(C)c1ccccc1-5)-n1c4ccc(C(C)(C)C)cc4c4cc(C(C)(C)C)cc3c41)C(C)(C)CCC2(C)C. The Morgan fingerprint density at radius 3 is 1.98 bits per heavy atom. The van der Waals surface area contributed by atoms with E-state index in [-0.39, 0.29) is 33.9 Å². The lowest BCUT2D eigenvalue weighted by Crippen LogP contribution is -2.61. The van der Waals surface area contributed by atoms with Crippen LogP contribution in [-0.2, 0) is 27.1 Å². The lowest BCUT2D eigenvalue weighted by atomic mass is 9.42. The molecular formula is C62H61BN2O. The van der Waals surface area contributed by atoms with Crippen molar-refractivity contribution in [3.63, 3.8) is 0 Å². The molecule has 0 amide bonds. The van der Waals surface area contributed by atoms with E-state index in [1.807, 2.05) is 0 Å². The molecule has 9 aromatic rings. The molecular weight excluding hydrogens is 800 g/mol. The van der Waals surface area contributed by atoms with Gasteiger partial charge in [0.25, 0.3) is 0 Å². The summed E-state index contributed by atoms with van der Waals surface area (Å²) >= 11 is 0. The van der Waals surface area contributed by atoms with Crippen LogP contribution in [0.3, 0.4) is 0 Å². The Kier molecular flexibility index (Phi) is 7.63. The molecule has 0 bridgehead atoms. The van der Waals surface area contributed by atoms with Crippen LogP contribution in [0.15, 0.2) is 114 Å². The largest absolute Gasteiger partial charge is 0.456 e. The van der Waals surface area contributed by atoms with Crippen LogP contribution < -0.4 is 15.7 Å². The third-order valence-electron chi connectivity index (χ3n) is 17.0. The summed E-state index contributed by atoms with van der Waals surface area (Å²) in [6, 6.07) is 42.9. The summed E-state index contributed by atoms with van der Waals surface area (Å²) in [4.78, 5) is 2.81. The second kappa shape index (κ2) is 12.5. The normalized spacial score (nSPS) is 17.3. The van der Waals surface area contributed by atoms with E-state index in [2.05, 4.69) is 209 Å². The number of rotatable bonds is 1. The van der Waals surface area contributed by atoms with Crippen LogP contribution in [-0.4, -0.2) is 11.4 Å². The highest BCUT2D eigenvalue weighted by molar-refractivity contribution is 6.94. The van der Waals surface area contributed by atoms with Gasteiger partial charge in [0.05, 0.1) is 11.0 Å². The molecule has 0 atom stereocenters. The maximum absolute atomic E-state index is 6.87. The molecule has 2 aliphatic heterocycles. The number of aryl methyl sites for hydroxylation is 1. The first kappa shape index (κ1) is 40.3. The number of nitrogens with zero attached hydrogens (tertiary/aromatic N) is 2. The van der Waals surface area contributed by atoms with Crippen molar-refractivity contribution in [1.82, 2.24) is 4.57 Å². The van der Waals surface area contributed by atoms with Crippen LogP contribution in [0.2, 0.25) is 0 Å². The topological polar surface area (TPSA) is 21.3 Å². The predicted molar refractivity (Wildman–Crippen MR) is 282 cm³/mol. The standard InChI is InChI=1S/C62H61BN2O/c1-34-28-43-44(61(10,11)27-26-60(43,8)9)33-48(34)65-47-24-25-51-52(38-19-15-17-21-50(38)66-51)53(47)54-55-40(37-18-14-16-20-42(37)62(55,12)13)32-49-56(54)63(65)45-31-36(59(5,6)7)30-41-39-29-35(58(2,3)4)22-23-46(39)64(49)57(41)45/h14-25,28-33H,26-27H2,1-13H3. The van der Waals surface area contributed by atoms with Gasteiger partial charge >= 0.3 is 6.85 Å². The molecule has 0 saturated carbocycles. The molecule has 2 aliphatic carbocycles. The van der Waals surface area contributed by atoms with Crippen LogP contribution >= 0.6 is 0 Å². The smallest absolute Gasteiger partial charge is 0.333 e. The highest BCUT2D eigenvalue weighted by Gasteiger charge is 2.51. The molecule has 328 valence electrons. The zero-order valence-corrected chi connectivity index (χ0v) is 41.2. The van der Waals surface area contributed by atoms with Gasteiger partial charge in [-0.15, -0.1) is 0 Å². The molecule has 0 fully saturated rings. The molecule has 4 heterocycles. The molecule has 4 heteroatoms. The van der Waals surface area contributed by atoms with Gasteiger partial charge < -0.3 is 13.8 Å². The third-order valence-corrected chi connectivity index (χ3v) is 17.0. The van der Waals surface area contributed by atoms with Gasteiger partial charge in [0.2, 0.25) is 0 Å². The van der Waals surface area contributed by atoms with Crippen molar-refractivity contribution >= 4 is 72.9 Å². The first-order valence-corrected chi connectivity index (χ1v) is 24.5. The predicted octanol–water partition coefficient (Wildman–Crippen LogP) is 15.5. The minimum atomic E-state index is -0.261. The fourth-order valence-electron chi connectivity index (χ4n) is 13.3. The van der Waals surface area contributed by atoms with Gasteiger partial charge in [-0.1, -0.05) is 144 Å². The van der Waals surface area contributed by atoms with Gasteiger partial charge in [0.1, 0.15) is 11.2 Å². The van der Waals surface area contributed by atoms with E-state index >= 15 is 0 Å². The summed E-state index contributed by atoms with van der Waals surface area (Å²) in [7, 11) is 0. The molecule has 3 nitrogen and oxygen atoms in total. The van der Waals surface area contributed by atoms with Crippen molar-refractivity contribution in [2.45, 2.75) is 130 Å². The Bertz CT molecular complexity index is 3670. The molecule has 7 aromatic carbocycles. The molecule has 0 N–H and O–H groups in total. The maximum Gasteiger partial charge on any atom is 0.333 e. The maximum atomic E-state index is 6.87. The van der Waals surface area contributed by atoms with Gasteiger partial charge in [0, 0.05) is 49.6 Å². The van der Waals surface area contributed by atoms with E-state index in [1.54, 1.807) is 0 Å². The number of fused-ring (bicyclic) bond motifs is 16. The molecule has 0 spiro atoms. The fourth-order valence-corrected chi connectivity index (χ4v) is 13.3. The van der Waals surface area contributed by atoms with Crippen LogP contribution in [0.1, 0.15) is 135 Å². The molecule has 0 saturated heterocycles. The Balaban J connectivity index is 1.28. The zero-order valence-electron chi connectivity index (χ0n) is 41.2. The van der Waals surface area contributed by atoms with E-state index in [9.17, 15) is 0 Å². The van der Waals surface area contributed by atoms with Crippen molar-refractivity contribution in [2.24, 2.45) is 0 Å². The highest BCUT2D eigenvalue weighted by atomic mass is 16.3. The lowest BCUT2D eigenvalue weighted by Gasteiger charge is -2.46. The third kappa shape index (κ3) is 5.06. The van der Waals surface area contributed by atoms with E-state index < -0.39 is 0 Å². The van der Waals surface area contributed by atoms with Crippen molar-refractivity contribution in [1.29, 1.82) is 0 Å². The highest BCUT2D eigenvalue weighted by Crippen LogP contribution is 2.59. The summed E-state index contributed by atoms with van der Waals surface area (Å²) in [6.45, 7) is 31.3. The number of hydrogen-bond acceptors (Lipinski definition) is 2. The molecule has 0 unspecified atom stereocenters. The monoisotopic (exact) mass is 860 g/mol. The molecule has 4 aliphatic rings. The van der Waals surface area contributed by atoms with Gasteiger partial charge in [-0.3, -0.25) is 0 Å². The minimum absolute atomic E-state index is 0.00338. The summed E-state index contributed by atoms with van der Waals surface area (Å²) in [5, 5.41) is 5.05. The Hall–Kier alpha value is -6.00. The van der Waals surface area contributed by atoms with Crippen LogP contribution in [0, 0.1) is 6.92 Å². The van der Waals surface area contributed by atoms with Crippen LogP contribution in [0.4, 0.5) is 11.4 Å². The quantitative estimate of drug-likeness (QED) is 0.153.